The molecule has 1 aromatic carbocycles. The van der Waals surface area contributed by atoms with Crippen molar-refractivity contribution < 1.29 is 9.32 Å². The van der Waals surface area contributed by atoms with E-state index in [0.29, 0.717) is 29.7 Å². The number of nitrogens with zero attached hydrogens (tertiary/aromatic N) is 2. The van der Waals surface area contributed by atoms with Gasteiger partial charge in [0.05, 0.1) is 5.41 Å². The summed E-state index contributed by atoms with van der Waals surface area (Å²) in [6, 6.07) is 7.65. The zero-order valence-electron chi connectivity index (χ0n) is 13.1. The minimum Gasteiger partial charge on any atom is -0.355 e. The molecule has 6 heteroatoms. The van der Waals surface area contributed by atoms with E-state index in [1.165, 1.54) is 0 Å². The third kappa shape index (κ3) is 3.39. The highest BCUT2D eigenvalue weighted by Gasteiger charge is 2.42. The quantitative estimate of drug-likeness (QED) is 0.912. The summed E-state index contributed by atoms with van der Waals surface area (Å²) in [6.07, 6.45) is 4.38. The number of aryl methyl sites for hydroxylation is 1. The highest BCUT2D eigenvalue weighted by atomic mass is 35.5. The first-order chi connectivity index (χ1) is 11.1. The molecule has 2 aromatic rings. The number of hydrogen-bond donors (Lipinski definition) is 1. The van der Waals surface area contributed by atoms with E-state index < -0.39 is 5.41 Å². The van der Waals surface area contributed by atoms with Crippen molar-refractivity contribution in [3.63, 3.8) is 0 Å². The molecule has 23 heavy (non-hydrogen) atoms. The number of hydrogen-bond acceptors (Lipinski definition) is 4. The summed E-state index contributed by atoms with van der Waals surface area (Å²) in [5, 5.41) is 7.45. The first-order valence-corrected chi connectivity index (χ1v) is 8.31. The maximum atomic E-state index is 12.9. The van der Waals surface area contributed by atoms with Gasteiger partial charge in [0.2, 0.25) is 11.8 Å². The zero-order chi connectivity index (χ0) is 16.3. The van der Waals surface area contributed by atoms with Crippen molar-refractivity contribution in [2.24, 2.45) is 0 Å². The second-order valence-electron chi connectivity index (χ2n) is 6.04. The number of halogens is 1. The van der Waals surface area contributed by atoms with Gasteiger partial charge in [-0.15, -0.1) is 0 Å². The molecule has 1 fully saturated rings. The van der Waals surface area contributed by atoms with Crippen LogP contribution in [0.15, 0.2) is 28.8 Å². The van der Waals surface area contributed by atoms with Crippen molar-refractivity contribution in [3.05, 3.63) is 46.6 Å². The lowest BCUT2D eigenvalue weighted by Gasteiger charge is -2.28. The molecule has 1 amide bonds. The lowest BCUT2D eigenvalue weighted by Crippen LogP contribution is -2.43. The Kier molecular flexibility index (Phi) is 4.66. The van der Waals surface area contributed by atoms with Gasteiger partial charge in [-0.2, -0.15) is 4.98 Å². The molecule has 1 heterocycles. The molecule has 1 saturated carbocycles. The fourth-order valence-electron chi connectivity index (χ4n) is 3.31. The fourth-order valence-corrected chi connectivity index (χ4v) is 3.50. The molecule has 0 aliphatic heterocycles. The second-order valence-corrected chi connectivity index (χ2v) is 6.48. The molecule has 0 bridgehead atoms. The van der Waals surface area contributed by atoms with Crippen LogP contribution in [0.1, 0.15) is 43.0 Å². The third-order valence-electron chi connectivity index (χ3n) is 4.46. The smallest absolute Gasteiger partial charge is 0.230 e. The van der Waals surface area contributed by atoms with Gasteiger partial charge in [0.15, 0.2) is 5.82 Å². The van der Waals surface area contributed by atoms with Crippen LogP contribution in [0.4, 0.5) is 0 Å². The average Bonchev–Trinajstić information content (AvgIpc) is 3.17. The van der Waals surface area contributed by atoms with Crippen LogP contribution in [-0.2, 0) is 16.6 Å². The van der Waals surface area contributed by atoms with E-state index in [9.17, 15) is 4.79 Å². The Labute approximate surface area is 140 Å². The normalized spacial score (nSPS) is 16.4. The number of carbonyl (C=O) groups is 1. The Bertz CT molecular complexity index is 693. The molecule has 122 valence electrons. The van der Waals surface area contributed by atoms with Crippen LogP contribution in [0.25, 0.3) is 0 Å². The molecule has 3 rings (SSSR count). The maximum Gasteiger partial charge on any atom is 0.230 e. The van der Waals surface area contributed by atoms with Gasteiger partial charge in [0.1, 0.15) is 0 Å². The van der Waals surface area contributed by atoms with Gasteiger partial charge in [-0.1, -0.05) is 41.7 Å². The number of rotatable bonds is 5. The van der Waals surface area contributed by atoms with Crippen LogP contribution in [0.3, 0.4) is 0 Å². The molecule has 0 atom stereocenters. The molecule has 0 saturated heterocycles. The van der Waals surface area contributed by atoms with Crippen molar-refractivity contribution >= 4 is 17.5 Å². The largest absolute Gasteiger partial charge is 0.355 e. The van der Waals surface area contributed by atoms with Crippen molar-refractivity contribution in [2.45, 2.75) is 44.4 Å². The monoisotopic (exact) mass is 333 g/mol. The van der Waals surface area contributed by atoms with E-state index in [1.54, 1.807) is 6.92 Å². The van der Waals surface area contributed by atoms with Crippen molar-refractivity contribution in [2.75, 3.05) is 6.54 Å². The van der Waals surface area contributed by atoms with Crippen LogP contribution >= 0.6 is 11.6 Å². The molecule has 0 spiro atoms. The minimum absolute atomic E-state index is 0.0634. The van der Waals surface area contributed by atoms with Gasteiger partial charge in [-0.3, -0.25) is 4.79 Å². The Hall–Kier alpha value is -1.88. The van der Waals surface area contributed by atoms with Crippen molar-refractivity contribution in [3.8, 4) is 0 Å². The van der Waals surface area contributed by atoms with Gasteiger partial charge < -0.3 is 9.84 Å². The number of amides is 1. The molecule has 0 radical (unpaired) electrons. The maximum absolute atomic E-state index is 12.9. The number of nitrogens with one attached hydrogen (secondary N) is 1. The Morgan fingerprint density at radius 1 is 1.39 bits per heavy atom. The van der Waals surface area contributed by atoms with E-state index in [1.807, 2.05) is 24.3 Å². The number of benzene rings is 1. The van der Waals surface area contributed by atoms with Gasteiger partial charge in [0.25, 0.3) is 0 Å². The van der Waals surface area contributed by atoms with Crippen LogP contribution in [-0.4, -0.2) is 22.6 Å². The molecule has 1 aliphatic carbocycles. The zero-order valence-corrected chi connectivity index (χ0v) is 13.9. The predicted octanol–water partition coefficient (Wildman–Crippen LogP) is 3.20. The molecular formula is C17H20ClN3O2. The lowest BCUT2D eigenvalue weighted by atomic mass is 9.78. The van der Waals surface area contributed by atoms with Gasteiger partial charge >= 0.3 is 0 Å². The summed E-state index contributed by atoms with van der Waals surface area (Å²) < 4.78 is 5.07. The predicted molar refractivity (Wildman–Crippen MR) is 87.3 cm³/mol. The summed E-state index contributed by atoms with van der Waals surface area (Å²) in [4.78, 5) is 17.0. The summed E-state index contributed by atoms with van der Waals surface area (Å²) in [5.41, 5.74) is 0.545. The Morgan fingerprint density at radius 3 is 2.83 bits per heavy atom. The van der Waals surface area contributed by atoms with Crippen LogP contribution in [0, 0.1) is 6.92 Å². The second kappa shape index (κ2) is 6.71. The lowest BCUT2D eigenvalue weighted by molar-refractivity contribution is -0.126. The van der Waals surface area contributed by atoms with E-state index in [2.05, 4.69) is 15.5 Å². The first kappa shape index (κ1) is 16.0. The molecule has 1 N–H and O–H groups in total. The first-order valence-electron chi connectivity index (χ1n) is 7.94. The van der Waals surface area contributed by atoms with Crippen molar-refractivity contribution in [1.82, 2.24) is 15.5 Å². The molecule has 1 aliphatic rings. The highest BCUT2D eigenvalue weighted by molar-refractivity contribution is 6.30. The summed E-state index contributed by atoms with van der Waals surface area (Å²) in [6.45, 7) is 2.26. The highest BCUT2D eigenvalue weighted by Crippen LogP contribution is 2.42. The Morgan fingerprint density at radius 2 is 2.17 bits per heavy atom. The minimum atomic E-state index is -0.463. The molecule has 1 aromatic heterocycles. The fraction of sp³-hybridized carbons (Fsp3) is 0.471. The third-order valence-corrected chi connectivity index (χ3v) is 4.70. The topological polar surface area (TPSA) is 68.0 Å². The molecular weight excluding hydrogens is 314 g/mol. The summed E-state index contributed by atoms with van der Waals surface area (Å²) >= 11 is 6.12. The van der Waals surface area contributed by atoms with E-state index in [0.717, 1.165) is 31.2 Å². The summed E-state index contributed by atoms with van der Waals surface area (Å²) in [5.74, 6) is 1.22. The van der Waals surface area contributed by atoms with E-state index >= 15 is 0 Å². The number of aromatic nitrogens is 2. The van der Waals surface area contributed by atoms with Crippen molar-refractivity contribution in [1.29, 1.82) is 0 Å². The van der Waals surface area contributed by atoms with Gasteiger partial charge in [0, 0.05) is 18.0 Å². The van der Waals surface area contributed by atoms with Crippen LogP contribution in [0.5, 0.6) is 0 Å². The molecule has 5 nitrogen and oxygen atoms in total. The van der Waals surface area contributed by atoms with E-state index in [4.69, 9.17) is 16.1 Å². The average molecular weight is 334 g/mol. The molecule has 0 unspecified atom stereocenters. The van der Waals surface area contributed by atoms with E-state index in [-0.39, 0.29) is 5.91 Å². The van der Waals surface area contributed by atoms with Gasteiger partial charge in [-0.05, 0) is 37.5 Å². The van der Waals surface area contributed by atoms with Crippen LogP contribution < -0.4 is 5.32 Å². The summed E-state index contributed by atoms with van der Waals surface area (Å²) in [7, 11) is 0. The SMILES string of the molecule is Cc1noc(CCNC(=O)C2(c3cccc(Cl)c3)CCCC2)n1. The van der Waals surface area contributed by atoms with Gasteiger partial charge in [-0.25, -0.2) is 0 Å². The standard InChI is InChI=1S/C17H20ClN3O2/c1-12-20-15(23-21-12)7-10-19-16(22)17(8-2-3-9-17)13-5-4-6-14(18)11-13/h4-6,11H,2-3,7-10H2,1H3,(H,19,22). The van der Waals surface area contributed by atoms with Crippen LogP contribution in [0.2, 0.25) is 5.02 Å². The number of carbonyl (C=O) groups excluding carboxylic acids is 1. The Balaban J connectivity index is 1.69.